The topological polar surface area (TPSA) is 71.3 Å². The third kappa shape index (κ3) is 6.18. The molecule has 23 heavy (non-hydrogen) atoms. The lowest BCUT2D eigenvalue weighted by atomic mass is 10.1. The maximum absolute atomic E-state index is 11.9. The molecule has 0 aliphatic carbocycles. The van der Waals surface area contributed by atoms with E-state index in [0.717, 1.165) is 0 Å². The van der Waals surface area contributed by atoms with Crippen molar-refractivity contribution >= 4 is 43.8 Å². The molecule has 0 heterocycles. The second-order valence-corrected chi connectivity index (χ2v) is 6.04. The molecule has 0 saturated carbocycles. The number of ether oxygens (including phenoxy) is 2. The molecule has 1 N–H and O–H groups in total. The molecule has 1 aromatic carbocycles. The van der Waals surface area contributed by atoms with Gasteiger partial charge in [-0.1, -0.05) is 12.7 Å². The van der Waals surface area contributed by atoms with E-state index in [4.69, 9.17) is 14.7 Å². The van der Waals surface area contributed by atoms with E-state index < -0.39 is 5.91 Å². The predicted octanol–water partition coefficient (Wildman–Crippen LogP) is 3.45. The smallest absolute Gasteiger partial charge is 0.262 e. The number of nitriles is 1. The molecule has 0 unspecified atom stereocenters. The average Bonchev–Trinajstić information content (AvgIpc) is 2.52. The van der Waals surface area contributed by atoms with Gasteiger partial charge in [-0.25, -0.2) is 0 Å². The first kappa shape index (κ1) is 19.4. The number of halogens is 2. The van der Waals surface area contributed by atoms with Crippen LogP contribution in [0.4, 0.5) is 0 Å². The molecule has 0 fully saturated rings. The molecule has 0 aliphatic rings. The van der Waals surface area contributed by atoms with Gasteiger partial charge in [-0.15, -0.1) is 0 Å². The van der Waals surface area contributed by atoms with Gasteiger partial charge in [0.2, 0.25) is 0 Å². The molecule has 122 valence electrons. The second kappa shape index (κ2) is 10.2. The van der Waals surface area contributed by atoms with E-state index in [1.807, 2.05) is 6.07 Å². The zero-order valence-electron chi connectivity index (χ0n) is 12.6. The summed E-state index contributed by atoms with van der Waals surface area (Å²) in [6.07, 6.45) is 3.15. The normalized spacial score (nSPS) is 10.8. The number of nitrogens with zero attached hydrogens (tertiary/aromatic N) is 1. The zero-order chi connectivity index (χ0) is 17.2. The summed E-state index contributed by atoms with van der Waals surface area (Å²) in [6.45, 7) is 4.70. The lowest BCUT2D eigenvalue weighted by molar-refractivity contribution is -0.117. The van der Waals surface area contributed by atoms with Gasteiger partial charge in [0.15, 0.2) is 0 Å². The monoisotopic (exact) mass is 442 g/mol. The minimum Gasteiger partial charge on any atom is -0.487 e. The number of methoxy groups -OCH3 is 1. The maximum atomic E-state index is 11.9. The van der Waals surface area contributed by atoms with Crippen molar-refractivity contribution < 1.29 is 14.3 Å². The van der Waals surface area contributed by atoms with Crippen LogP contribution in [0.25, 0.3) is 6.08 Å². The number of benzene rings is 1. The molecule has 1 rings (SSSR count). The number of carbonyl (C=O) groups excluding carboxylic acids is 1. The van der Waals surface area contributed by atoms with Crippen molar-refractivity contribution in [3.8, 4) is 11.8 Å². The average molecular weight is 444 g/mol. The molecule has 0 bridgehead atoms. The molecular formula is C16H16Br2N2O3. The van der Waals surface area contributed by atoms with E-state index in [9.17, 15) is 4.79 Å². The Morgan fingerprint density at radius 3 is 2.61 bits per heavy atom. The molecule has 0 aromatic heterocycles. The van der Waals surface area contributed by atoms with Crippen LogP contribution in [-0.4, -0.2) is 32.8 Å². The first-order chi connectivity index (χ1) is 11.0. The van der Waals surface area contributed by atoms with Gasteiger partial charge in [0.05, 0.1) is 15.6 Å². The summed E-state index contributed by atoms with van der Waals surface area (Å²) < 4.78 is 11.8. The van der Waals surface area contributed by atoms with Crippen LogP contribution in [0, 0.1) is 11.3 Å². The summed E-state index contributed by atoms with van der Waals surface area (Å²) in [5.74, 6) is 0.189. The van der Waals surface area contributed by atoms with Gasteiger partial charge in [-0.2, -0.15) is 5.26 Å². The van der Waals surface area contributed by atoms with Crippen LogP contribution < -0.4 is 10.1 Å². The number of nitrogens with one attached hydrogen (secondary N) is 1. The number of hydrogen-bond acceptors (Lipinski definition) is 4. The van der Waals surface area contributed by atoms with E-state index in [1.54, 1.807) is 18.2 Å². The maximum Gasteiger partial charge on any atom is 0.262 e. The Labute approximate surface area is 152 Å². The molecule has 0 saturated heterocycles. The highest BCUT2D eigenvalue weighted by Gasteiger charge is 2.11. The first-order valence-electron chi connectivity index (χ1n) is 6.65. The fourth-order valence-corrected chi connectivity index (χ4v) is 3.07. The summed E-state index contributed by atoms with van der Waals surface area (Å²) in [5.41, 5.74) is 0.702. The van der Waals surface area contributed by atoms with E-state index >= 15 is 0 Å². The predicted molar refractivity (Wildman–Crippen MR) is 96.0 cm³/mol. The summed E-state index contributed by atoms with van der Waals surface area (Å²) in [4.78, 5) is 11.9. The van der Waals surface area contributed by atoms with Gasteiger partial charge in [0, 0.05) is 13.7 Å². The molecule has 0 atom stereocenters. The van der Waals surface area contributed by atoms with Crippen molar-refractivity contribution in [1.82, 2.24) is 5.32 Å². The zero-order valence-corrected chi connectivity index (χ0v) is 15.7. The highest BCUT2D eigenvalue weighted by molar-refractivity contribution is 9.11. The third-order valence-corrected chi connectivity index (χ3v) is 3.81. The van der Waals surface area contributed by atoms with Gasteiger partial charge in [-0.3, -0.25) is 4.79 Å². The van der Waals surface area contributed by atoms with E-state index in [2.05, 4.69) is 43.8 Å². The highest BCUT2D eigenvalue weighted by Crippen LogP contribution is 2.35. The van der Waals surface area contributed by atoms with Crippen LogP contribution in [-0.2, 0) is 9.53 Å². The number of amides is 1. The lowest BCUT2D eigenvalue weighted by Crippen LogP contribution is -2.27. The van der Waals surface area contributed by atoms with Gasteiger partial charge >= 0.3 is 0 Å². The molecular weight excluding hydrogens is 428 g/mol. The minimum atomic E-state index is -0.441. The van der Waals surface area contributed by atoms with E-state index in [0.29, 0.717) is 40.0 Å². The summed E-state index contributed by atoms with van der Waals surface area (Å²) in [5, 5.41) is 11.8. The molecule has 7 heteroatoms. The van der Waals surface area contributed by atoms with Crippen LogP contribution in [0.3, 0.4) is 0 Å². The third-order valence-electron chi connectivity index (χ3n) is 2.63. The van der Waals surface area contributed by atoms with Crippen molar-refractivity contribution in [2.75, 3.05) is 26.9 Å². The molecule has 1 amide bonds. The Morgan fingerprint density at radius 1 is 1.43 bits per heavy atom. The SMILES string of the molecule is C=CCOc1c(Br)cc(/C=C(\C#N)C(=O)NCCOC)cc1Br. The number of carbonyl (C=O) groups is 1. The Balaban J connectivity index is 2.98. The van der Waals surface area contributed by atoms with E-state index in [1.165, 1.54) is 13.2 Å². The van der Waals surface area contributed by atoms with Gasteiger partial charge < -0.3 is 14.8 Å². The van der Waals surface area contributed by atoms with Crippen molar-refractivity contribution in [3.05, 3.63) is 44.9 Å². The Bertz CT molecular complexity index is 628. The minimum absolute atomic E-state index is 0.0136. The number of hydrogen-bond donors (Lipinski definition) is 1. The van der Waals surface area contributed by atoms with Crippen LogP contribution in [0.1, 0.15) is 5.56 Å². The summed E-state index contributed by atoms with van der Waals surface area (Å²) in [7, 11) is 1.54. The summed E-state index contributed by atoms with van der Waals surface area (Å²) >= 11 is 6.82. The Hall–Kier alpha value is -1.62. The van der Waals surface area contributed by atoms with Gasteiger partial charge in [0.1, 0.15) is 24.0 Å². The second-order valence-electron chi connectivity index (χ2n) is 4.33. The van der Waals surface area contributed by atoms with Crippen molar-refractivity contribution in [2.24, 2.45) is 0 Å². The molecule has 0 aliphatic heterocycles. The van der Waals surface area contributed by atoms with E-state index in [-0.39, 0.29) is 5.57 Å². The molecule has 1 aromatic rings. The molecule has 5 nitrogen and oxygen atoms in total. The van der Waals surface area contributed by atoms with Crippen LogP contribution >= 0.6 is 31.9 Å². The molecule has 0 radical (unpaired) electrons. The Morgan fingerprint density at radius 2 is 2.09 bits per heavy atom. The fourth-order valence-electron chi connectivity index (χ4n) is 1.62. The lowest BCUT2D eigenvalue weighted by Gasteiger charge is -2.10. The van der Waals surface area contributed by atoms with Crippen molar-refractivity contribution in [3.63, 3.8) is 0 Å². The van der Waals surface area contributed by atoms with Crippen LogP contribution in [0.5, 0.6) is 5.75 Å². The Kier molecular flexibility index (Phi) is 8.62. The quantitative estimate of drug-likeness (QED) is 0.289. The number of rotatable bonds is 8. The largest absolute Gasteiger partial charge is 0.487 e. The van der Waals surface area contributed by atoms with Crippen LogP contribution in [0.15, 0.2) is 39.3 Å². The summed E-state index contributed by atoms with van der Waals surface area (Å²) in [6, 6.07) is 5.43. The highest BCUT2D eigenvalue weighted by atomic mass is 79.9. The van der Waals surface area contributed by atoms with Crippen molar-refractivity contribution in [2.45, 2.75) is 0 Å². The van der Waals surface area contributed by atoms with Crippen molar-refractivity contribution in [1.29, 1.82) is 5.26 Å². The van der Waals surface area contributed by atoms with Gasteiger partial charge in [0.25, 0.3) is 5.91 Å². The first-order valence-corrected chi connectivity index (χ1v) is 8.23. The van der Waals surface area contributed by atoms with Crippen LogP contribution in [0.2, 0.25) is 0 Å². The van der Waals surface area contributed by atoms with Gasteiger partial charge in [-0.05, 0) is 55.6 Å². The standard InChI is InChI=1S/C16H16Br2N2O3/c1-3-5-23-15-13(17)8-11(9-14(15)18)7-12(10-19)16(21)20-4-6-22-2/h3,7-9H,1,4-6H2,2H3,(H,20,21)/b12-7+. The fraction of sp³-hybridized carbons (Fsp3) is 0.250. The molecule has 0 spiro atoms.